The molecule has 2 aromatic heterocycles. The van der Waals surface area contributed by atoms with Crippen LogP contribution in [0.1, 0.15) is 41.4 Å². The van der Waals surface area contributed by atoms with Gasteiger partial charge in [0.05, 0.1) is 29.7 Å². The van der Waals surface area contributed by atoms with Gasteiger partial charge < -0.3 is 10.2 Å². The minimum absolute atomic E-state index is 0.00219. The molecule has 0 saturated carbocycles. The minimum atomic E-state index is -0.0275. The van der Waals surface area contributed by atoms with Crippen LogP contribution in [0.5, 0.6) is 0 Å². The second-order valence-corrected chi connectivity index (χ2v) is 7.82. The smallest absolute Gasteiger partial charge is 0.256 e. The first-order valence-corrected chi connectivity index (χ1v) is 10.3. The molecule has 0 aliphatic carbocycles. The highest BCUT2D eigenvalue weighted by atomic mass is 16.2. The quantitative estimate of drug-likeness (QED) is 0.680. The Hall–Kier alpha value is -3.80. The van der Waals surface area contributed by atoms with E-state index in [2.05, 4.69) is 32.6 Å². The van der Waals surface area contributed by atoms with E-state index < -0.39 is 0 Å². The SMILES string of the molecule is Cc1ccc(-n2nccn2)c(C(=O)N2CCC[C@@H](C)[C@H]2CNc2ccc(C#N)nn2)c1. The summed E-state index contributed by atoms with van der Waals surface area (Å²) in [5.41, 5.74) is 2.54. The van der Waals surface area contributed by atoms with Crippen LogP contribution in [0.3, 0.4) is 0 Å². The van der Waals surface area contributed by atoms with Gasteiger partial charge in [0, 0.05) is 13.1 Å². The number of aryl methyl sites for hydroxylation is 1. The Balaban J connectivity index is 1.58. The predicted molar refractivity (Wildman–Crippen MR) is 115 cm³/mol. The number of hydrogen-bond donors (Lipinski definition) is 1. The van der Waals surface area contributed by atoms with Crippen molar-refractivity contribution in [3.8, 4) is 11.8 Å². The Morgan fingerprint density at radius 3 is 2.74 bits per heavy atom. The summed E-state index contributed by atoms with van der Waals surface area (Å²) in [7, 11) is 0. The van der Waals surface area contributed by atoms with Crippen molar-refractivity contribution < 1.29 is 4.79 Å². The largest absolute Gasteiger partial charge is 0.367 e. The maximum Gasteiger partial charge on any atom is 0.256 e. The molecule has 0 radical (unpaired) electrons. The lowest BCUT2D eigenvalue weighted by Gasteiger charge is -2.40. The molecule has 0 bridgehead atoms. The summed E-state index contributed by atoms with van der Waals surface area (Å²) in [6, 6.07) is 11.1. The summed E-state index contributed by atoms with van der Waals surface area (Å²) >= 11 is 0. The van der Waals surface area contributed by atoms with Crippen LogP contribution >= 0.6 is 0 Å². The van der Waals surface area contributed by atoms with Gasteiger partial charge in [-0.2, -0.15) is 20.3 Å². The molecular formula is C22H24N8O. The van der Waals surface area contributed by atoms with Crippen molar-refractivity contribution in [3.05, 3.63) is 59.5 Å². The van der Waals surface area contributed by atoms with E-state index in [0.717, 1.165) is 18.4 Å². The summed E-state index contributed by atoms with van der Waals surface area (Å²) in [6.07, 6.45) is 5.21. The van der Waals surface area contributed by atoms with E-state index in [1.165, 1.54) is 4.80 Å². The number of amides is 1. The fraction of sp³-hybridized carbons (Fsp3) is 0.364. The number of rotatable bonds is 5. The monoisotopic (exact) mass is 416 g/mol. The van der Waals surface area contributed by atoms with Gasteiger partial charge in [0.1, 0.15) is 11.9 Å². The number of benzene rings is 1. The van der Waals surface area contributed by atoms with Crippen LogP contribution < -0.4 is 5.32 Å². The first-order chi connectivity index (χ1) is 15.1. The van der Waals surface area contributed by atoms with E-state index in [-0.39, 0.29) is 17.6 Å². The van der Waals surface area contributed by atoms with Gasteiger partial charge >= 0.3 is 0 Å². The molecule has 1 N–H and O–H groups in total. The number of piperidine rings is 1. The molecule has 2 atom stereocenters. The van der Waals surface area contributed by atoms with Crippen molar-refractivity contribution in [2.45, 2.75) is 32.7 Å². The third-order valence-electron chi connectivity index (χ3n) is 5.66. The first-order valence-electron chi connectivity index (χ1n) is 10.3. The standard InChI is InChI=1S/C22H24N8O/c1-15-5-7-19(30-25-9-10-26-30)18(12-15)22(31)29-11-3-4-16(2)20(29)14-24-21-8-6-17(13-23)27-28-21/h5-10,12,16,20H,3-4,11,14H2,1-2H3,(H,24,28)/t16-,20-/m1/s1. The third kappa shape index (κ3) is 4.38. The van der Waals surface area contributed by atoms with E-state index in [0.29, 0.717) is 36.1 Å². The lowest BCUT2D eigenvalue weighted by atomic mass is 9.89. The van der Waals surface area contributed by atoms with Crippen LogP contribution in [0.4, 0.5) is 5.82 Å². The first kappa shape index (κ1) is 20.5. The summed E-state index contributed by atoms with van der Waals surface area (Å²) in [5, 5.41) is 28.5. The zero-order chi connectivity index (χ0) is 21.8. The van der Waals surface area contributed by atoms with Gasteiger partial charge in [-0.25, -0.2) is 0 Å². The predicted octanol–water partition coefficient (Wildman–Crippen LogP) is 2.59. The second-order valence-electron chi connectivity index (χ2n) is 7.82. The highest BCUT2D eigenvalue weighted by Gasteiger charge is 2.33. The fourth-order valence-electron chi connectivity index (χ4n) is 4.00. The number of aromatic nitrogens is 5. The molecule has 158 valence electrons. The van der Waals surface area contributed by atoms with E-state index in [4.69, 9.17) is 5.26 Å². The van der Waals surface area contributed by atoms with Gasteiger partial charge in [0.25, 0.3) is 5.91 Å². The van der Waals surface area contributed by atoms with Gasteiger partial charge in [-0.15, -0.1) is 10.2 Å². The molecule has 3 heterocycles. The van der Waals surface area contributed by atoms with Gasteiger partial charge in [-0.1, -0.05) is 18.6 Å². The van der Waals surface area contributed by atoms with E-state index in [9.17, 15) is 4.79 Å². The number of carbonyl (C=O) groups excluding carboxylic acids is 1. The van der Waals surface area contributed by atoms with Gasteiger partial charge in [0.2, 0.25) is 0 Å². The molecule has 1 saturated heterocycles. The number of nitrogens with one attached hydrogen (secondary N) is 1. The van der Waals surface area contributed by atoms with Crippen molar-refractivity contribution in [2.24, 2.45) is 5.92 Å². The molecule has 1 aliphatic rings. The molecule has 0 spiro atoms. The van der Waals surface area contributed by atoms with E-state index >= 15 is 0 Å². The number of nitrogens with zero attached hydrogens (tertiary/aromatic N) is 7. The van der Waals surface area contributed by atoms with Gasteiger partial charge in [0.15, 0.2) is 5.69 Å². The maximum atomic E-state index is 13.7. The molecule has 0 unspecified atom stereocenters. The van der Waals surface area contributed by atoms with Crippen molar-refractivity contribution in [1.29, 1.82) is 5.26 Å². The number of likely N-dealkylation sites (tertiary alicyclic amines) is 1. The van der Waals surface area contributed by atoms with Crippen LogP contribution in [0.15, 0.2) is 42.7 Å². The molecule has 1 amide bonds. The normalized spacial score (nSPS) is 18.4. The summed E-state index contributed by atoms with van der Waals surface area (Å²) < 4.78 is 0. The Labute approximate surface area is 180 Å². The number of nitriles is 1. The molecule has 1 fully saturated rings. The van der Waals surface area contributed by atoms with E-state index in [1.54, 1.807) is 24.5 Å². The summed E-state index contributed by atoms with van der Waals surface area (Å²) in [5.74, 6) is 0.883. The fourth-order valence-corrected chi connectivity index (χ4v) is 4.00. The molecule has 3 aromatic rings. The number of carbonyl (C=O) groups is 1. The molecule has 31 heavy (non-hydrogen) atoms. The molecule has 1 aromatic carbocycles. The van der Waals surface area contributed by atoms with Crippen LogP contribution in [0.25, 0.3) is 5.69 Å². The van der Waals surface area contributed by atoms with Crippen LogP contribution in [-0.2, 0) is 0 Å². The van der Waals surface area contributed by atoms with Crippen LogP contribution in [0.2, 0.25) is 0 Å². The molecule has 9 heteroatoms. The lowest BCUT2D eigenvalue weighted by Crippen LogP contribution is -2.51. The Morgan fingerprint density at radius 1 is 1.23 bits per heavy atom. The average molecular weight is 416 g/mol. The zero-order valence-corrected chi connectivity index (χ0v) is 17.6. The van der Waals surface area contributed by atoms with Crippen molar-refractivity contribution in [1.82, 2.24) is 30.1 Å². The molecule has 9 nitrogen and oxygen atoms in total. The highest BCUT2D eigenvalue weighted by Crippen LogP contribution is 2.27. The Bertz CT molecular complexity index is 1090. The molecule has 4 rings (SSSR count). The summed E-state index contributed by atoms with van der Waals surface area (Å²) in [6.45, 7) is 5.38. The lowest BCUT2D eigenvalue weighted by molar-refractivity contribution is 0.0539. The van der Waals surface area contributed by atoms with Gasteiger partial charge in [-0.05, 0) is 49.9 Å². The van der Waals surface area contributed by atoms with Crippen molar-refractivity contribution in [2.75, 3.05) is 18.4 Å². The highest BCUT2D eigenvalue weighted by molar-refractivity contribution is 5.98. The average Bonchev–Trinajstić information content (AvgIpc) is 3.32. The molecular weight excluding hydrogens is 392 g/mol. The van der Waals surface area contributed by atoms with E-state index in [1.807, 2.05) is 36.1 Å². The van der Waals surface area contributed by atoms with Crippen LogP contribution in [0, 0.1) is 24.2 Å². The van der Waals surface area contributed by atoms with Crippen molar-refractivity contribution >= 4 is 11.7 Å². The second kappa shape index (κ2) is 8.92. The maximum absolute atomic E-state index is 13.7. The summed E-state index contributed by atoms with van der Waals surface area (Å²) in [4.78, 5) is 17.1. The Morgan fingerprint density at radius 2 is 2.03 bits per heavy atom. The zero-order valence-electron chi connectivity index (χ0n) is 17.6. The van der Waals surface area contributed by atoms with Crippen molar-refractivity contribution in [3.63, 3.8) is 0 Å². The van der Waals surface area contributed by atoms with Crippen LogP contribution in [-0.4, -0.2) is 55.1 Å². The van der Waals surface area contributed by atoms with Gasteiger partial charge in [-0.3, -0.25) is 4.79 Å². The molecule has 1 aliphatic heterocycles. The Kier molecular flexibility index (Phi) is 5.89. The number of anilines is 1. The number of hydrogen-bond acceptors (Lipinski definition) is 7. The minimum Gasteiger partial charge on any atom is -0.367 e. The topological polar surface area (TPSA) is 113 Å². The third-order valence-corrected chi connectivity index (χ3v) is 5.66.